The number of aromatic nitrogens is 4. The van der Waals surface area contributed by atoms with Crippen LogP contribution in [-0.2, 0) is 18.9 Å². The molecule has 6 atom stereocenters. The number of rotatable bonds is 8. The summed E-state index contributed by atoms with van der Waals surface area (Å²) in [5.41, 5.74) is 0.761. The molecule has 0 bridgehead atoms. The Morgan fingerprint density at radius 1 is 1.11 bits per heavy atom. The topological polar surface area (TPSA) is 101 Å². The van der Waals surface area contributed by atoms with Gasteiger partial charge in [-0.05, 0) is 31.5 Å². The van der Waals surface area contributed by atoms with E-state index in [9.17, 15) is 13.6 Å². The van der Waals surface area contributed by atoms with Crippen LogP contribution < -0.4 is 0 Å². The van der Waals surface area contributed by atoms with Crippen molar-refractivity contribution in [1.29, 1.82) is 0 Å². The van der Waals surface area contributed by atoms with Gasteiger partial charge in [0.25, 0.3) is 5.91 Å². The number of benzene rings is 2. The van der Waals surface area contributed by atoms with E-state index in [1.54, 1.807) is 21.8 Å². The Kier molecular flexibility index (Phi) is 9.47. The molecule has 0 N–H and O–H groups in total. The minimum atomic E-state index is -0.914. The van der Waals surface area contributed by atoms with Crippen LogP contribution in [0.2, 0.25) is 10.0 Å². The summed E-state index contributed by atoms with van der Waals surface area (Å²) in [5, 5.41) is 8.40. The highest BCUT2D eigenvalue weighted by atomic mass is 35.5. The van der Waals surface area contributed by atoms with Gasteiger partial charge in [-0.15, -0.1) is 5.10 Å². The smallest absolute Gasteiger partial charge is 0.273 e. The zero-order valence-corrected chi connectivity index (χ0v) is 27.3. The fourth-order valence-corrected chi connectivity index (χ4v) is 7.44. The van der Waals surface area contributed by atoms with Crippen molar-refractivity contribution in [3.05, 3.63) is 93.9 Å². The van der Waals surface area contributed by atoms with Crippen LogP contribution in [0.4, 0.5) is 8.78 Å². The lowest BCUT2D eigenvalue weighted by Gasteiger charge is -2.49. The molecule has 4 aromatic rings. The lowest BCUT2D eigenvalue weighted by Crippen LogP contribution is -2.59. The van der Waals surface area contributed by atoms with E-state index in [4.69, 9.17) is 42.1 Å². The average Bonchev–Trinajstić information content (AvgIpc) is 3.53. The molecule has 0 spiro atoms. The normalized spacial score (nSPS) is 25.7. The molecule has 2 aromatic carbocycles. The summed E-state index contributed by atoms with van der Waals surface area (Å²) in [6.07, 6.45) is 1.33. The van der Waals surface area contributed by atoms with E-state index in [1.165, 1.54) is 18.0 Å². The van der Waals surface area contributed by atoms with Gasteiger partial charge in [0.05, 0.1) is 17.8 Å². The number of nitrogens with zero attached hydrogens (tertiary/aromatic N) is 5. The standard InChI is InChI=1S/C32H29Cl2F2N5O5S/c1-2-43-29-27(41-15-22(38-39-41)18-11-20(35)25(34)21(36)12-18)28-23(16-44-31(46-28)17-7-4-3-5-8-17)45-32(29)47-24-13-19(33)14-37-26(24)30(42)40-9-6-10-40/h3-5,7-8,11-15,23,27-29,31-32H,2,6,9-10,16H2,1H3/t23?,27?,28-,29-,31?,32+/m0/s1. The lowest BCUT2D eigenvalue weighted by atomic mass is 9.95. The molecule has 5 heterocycles. The van der Waals surface area contributed by atoms with E-state index in [0.717, 1.165) is 24.1 Å². The molecule has 246 valence electrons. The van der Waals surface area contributed by atoms with Crippen molar-refractivity contribution in [2.24, 2.45) is 0 Å². The summed E-state index contributed by atoms with van der Waals surface area (Å²) in [6.45, 7) is 3.66. The molecule has 2 aromatic heterocycles. The Bertz CT molecular complexity index is 1740. The van der Waals surface area contributed by atoms with Gasteiger partial charge >= 0.3 is 0 Å². The minimum Gasteiger partial charge on any atom is -0.373 e. The zero-order valence-electron chi connectivity index (χ0n) is 25.0. The van der Waals surface area contributed by atoms with Crippen LogP contribution in [0, 0.1) is 11.6 Å². The Balaban J connectivity index is 1.27. The molecule has 15 heteroatoms. The molecular formula is C32H29Cl2F2N5O5S. The molecule has 7 rings (SSSR count). The first kappa shape index (κ1) is 32.4. The fraction of sp³-hybridized carbons (Fsp3) is 0.375. The van der Waals surface area contributed by atoms with Crippen molar-refractivity contribution < 1.29 is 32.5 Å². The predicted octanol–water partition coefficient (Wildman–Crippen LogP) is 6.35. The van der Waals surface area contributed by atoms with Crippen molar-refractivity contribution in [3.8, 4) is 11.3 Å². The van der Waals surface area contributed by atoms with Crippen LogP contribution in [0.25, 0.3) is 11.3 Å². The quantitative estimate of drug-likeness (QED) is 0.194. The van der Waals surface area contributed by atoms with Crippen LogP contribution in [0.3, 0.4) is 0 Å². The Morgan fingerprint density at radius 3 is 2.57 bits per heavy atom. The Hall–Kier alpha value is -3.17. The molecule has 3 aliphatic rings. The second-order valence-electron chi connectivity index (χ2n) is 11.2. The van der Waals surface area contributed by atoms with Gasteiger partial charge in [0.2, 0.25) is 0 Å². The average molecular weight is 705 g/mol. The van der Waals surface area contributed by atoms with E-state index in [0.29, 0.717) is 29.6 Å². The van der Waals surface area contributed by atoms with E-state index in [-0.39, 0.29) is 29.5 Å². The van der Waals surface area contributed by atoms with Crippen molar-refractivity contribution in [1.82, 2.24) is 24.9 Å². The summed E-state index contributed by atoms with van der Waals surface area (Å²) >= 11 is 13.4. The van der Waals surface area contributed by atoms with Gasteiger partial charge < -0.3 is 23.8 Å². The summed E-state index contributed by atoms with van der Waals surface area (Å²) < 4.78 is 56.0. The third kappa shape index (κ3) is 6.50. The summed E-state index contributed by atoms with van der Waals surface area (Å²) in [7, 11) is 0. The second-order valence-corrected chi connectivity index (χ2v) is 13.2. The van der Waals surface area contributed by atoms with E-state index < -0.39 is 52.7 Å². The van der Waals surface area contributed by atoms with Gasteiger partial charge in [0.15, 0.2) is 6.29 Å². The van der Waals surface area contributed by atoms with E-state index in [1.807, 2.05) is 37.3 Å². The monoisotopic (exact) mass is 703 g/mol. The lowest BCUT2D eigenvalue weighted by molar-refractivity contribution is -0.309. The molecule has 0 radical (unpaired) electrons. The number of hydrogen-bond acceptors (Lipinski definition) is 9. The third-order valence-corrected chi connectivity index (χ3v) is 9.99. The number of carbonyl (C=O) groups excluding carboxylic acids is 1. The highest BCUT2D eigenvalue weighted by molar-refractivity contribution is 8.00. The van der Waals surface area contributed by atoms with Crippen LogP contribution in [0.15, 0.2) is 65.8 Å². The number of carbonyl (C=O) groups is 1. The summed E-state index contributed by atoms with van der Waals surface area (Å²) in [5.74, 6) is -2.02. The number of halogens is 4. The van der Waals surface area contributed by atoms with Gasteiger partial charge in [0, 0.05) is 41.9 Å². The van der Waals surface area contributed by atoms with Gasteiger partial charge in [0.1, 0.15) is 57.8 Å². The zero-order chi connectivity index (χ0) is 32.7. The number of ether oxygens (including phenoxy) is 4. The Labute approximate surface area is 283 Å². The molecule has 10 nitrogen and oxygen atoms in total. The van der Waals surface area contributed by atoms with Crippen LogP contribution >= 0.6 is 35.0 Å². The van der Waals surface area contributed by atoms with Gasteiger partial charge in [-0.25, -0.2) is 18.4 Å². The summed E-state index contributed by atoms with van der Waals surface area (Å²) in [4.78, 5) is 20.0. The first-order valence-corrected chi connectivity index (χ1v) is 16.7. The van der Waals surface area contributed by atoms with E-state index >= 15 is 0 Å². The number of amides is 1. The highest BCUT2D eigenvalue weighted by Gasteiger charge is 2.52. The maximum absolute atomic E-state index is 14.4. The van der Waals surface area contributed by atoms with Crippen molar-refractivity contribution in [2.75, 3.05) is 26.3 Å². The third-order valence-electron chi connectivity index (χ3n) is 8.24. The molecule has 3 saturated heterocycles. The van der Waals surface area contributed by atoms with Crippen molar-refractivity contribution in [2.45, 2.75) is 54.3 Å². The van der Waals surface area contributed by atoms with Crippen molar-refractivity contribution in [3.63, 3.8) is 0 Å². The first-order chi connectivity index (χ1) is 22.8. The van der Waals surface area contributed by atoms with E-state index in [2.05, 4.69) is 15.3 Å². The van der Waals surface area contributed by atoms with Crippen LogP contribution in [0.5, 0.6) is 0 Å². The molecular weight excluding hydrogens is 675 g/mol. The van der Waals surface area contributed by atoms with Gasteiger partial charge in [-0.1, -0.05) is 70.5 Å². The molecule has 0 saturated carbocycles. The number of pyridine rings is 1. The number of likely N-dealkylation sites (tertiary alicyclic amines) is 1. The van der Waals surface area contributed by atoms with Crippen LogP contribution in [-0.4, -0.2) is 80.8 Å². The largest absolute Gasteiger partial charge is 0.373 e. The molecule has 3 aliphatic heterocycles. The molecule has 0 aliphatic carbocycles. The second kappa shape index (κ2) is 13.7. The predicted molar refractivity (Wildman–Crippen MR) is 169 cm³/mol. The van der Waals surface area contributed by atoms with Crippen LogP contribution in [0.1, 0.15) is 41.7 Å². The number of fused-ring (bicyclic) bond motifs is 1. The fourth-order valence-electron chi connectivity index (χ4n) is 5.84. The molecule has 47 heavy (non-hydrogen) atoms. The number of hydrogen-bond donors (Lipinski definition) is 0. The summed E-state index contributed by atoms with van der Waals surface area (Å²) in [6, 6.07) is 12.7. The first-order valence-electron chi connectivity index (χ1n) is 15.1. The van der Waals surface area contributed by atoms with Crippen molar-refractivity contribution >= 4 is 40.9 Å². The highest BCUT2D eigenvalue weighted by Crippen LogP contribution is 2.45. The number of thioether (sulfide) groups is 1. The molecule has 1 amide bonds. The maximum atomic E-state index is 14.4. The molecule has 3 unspecified atom stereocenters. The Morgan fingerprint density at radius 2 is 1.87 bits per heavy atom. The van der Waals surface area contributed by atoms with Gasteiger partial charge in [-0.3, -0.25) is 4.79 Å². The maximum Gasteiger partial charge on any atom is 0.273 e. The molecule has 3 fully saturated rings. The van der Waals surface area contributed by atoms with Gasteiger partial charge in [-0.2, -0.15) is 0 Å². The SMILES string of the molecule is CCO[C@H]1C(n2cc(-c3cc(F)c(Cl)c(F)c3)nn2)[C@H]2OC(c3ccccc3)OCC2O[C@@H]1Sc1cc(Cl)cnc1C(=O)N1CCC1. The minimum absolute atomic E-state index is 0.160.